The van der Waals surface area contributed by atoms with Crippen molar-refractivity contribution in [1.82, 2.24) is 4.98 Å². The van der Waals surface area contributed by atoms with E-state index in [2.05, 4.69) is 41.4 Å². The summed E-state index contributed by atoms with van der Waals surface area (Å²) in [5, 5.41) is 14.5. The van der Waals surface area contributed by atoms with E-state index in [1.807, 2.05) is 31.4 Å². The predicted octanol–water partition coefficient (Wildman–Crippen LogP) is 4.76. The number of aromatic nitrogens is 1. The number of benzene rings is 2. The number of hydrogen-bond acceptors (Lipinski definition) is 3. The Bertz CT molecular complexity index is 809. The molecule has 3 rings (SSSR count). The van der Waals surface area contributed by atoms with Crippen molar-refractivity contribution < 1.29 is 0 Å². The molecule has 1 aromatic heterocycles. The molecule has 20 heavy (non-hydrogen) atoms. The van der Waals surface area contributed by atoms with Gasteiger partial charge in [-0.2, -0.15) is 5.26 Å². The van der Waals surface area contributed by atoms with E-state index in [0.717, 1.165) is 16.3 Å². The van der Waals surface area contributed by atoms with Crippen molar-refractivity contribution in [1.29, 1.82) is 5.26 Å². The maximum absolute atomic E-state index is 9.19. The van der Waals surface area contributed by atoms with Crippen LogP contribution in [0.15, 0.2) is 47.8 Å². The van der Waals surface area contributed by atoms with E-state index in [-0.39, 0.29) is 0 Å². The summed E-state index contributed by atoms with van der Waals surface area (Å²) < 4.78 is 0. The van der Waals surface area contributed by atoms with E-state index in [9.17, 15) is 5.26 Å². The molecule has 0 N–H and O–H groups in total. The summed E-state index contributed by atoms with van der Waals surface area (Å²) in [6, 6.07) is 16.9. The monoisotopic (exact) mass is 278 g/mol. The average Bonchev–Trinajstić information content (AvgIpc) is 2.97. The number of fused-ring (bicyclic) bond motifs is 1. The first-order valence-corrected chi connectivity index (χ1v) is 7.34. The third-order valence-corrected chi connectivity index (χ3v) is 4.53. The second-order valence-corrected chi connectivity index (χ2v) is 6.19. The van der Waals surface area contributed by atoms with Gasteiger partial charge in [0.25, 0.3) is 0 Å². The Balaban J connectivity index is 2.06. The molecule has 0 aliphatic rings. The van der Waals surface area contributed by atoms with Crippen molar-refractivity contribution in [2.75, 3.05) is 0 Å². The number of hydrogen-bond donors (Lipinski definition) is 0. The van der Waals surface area contributed by atoms with Crippen LogP contribution in [0.4, 0.5) is 0 Å². The molecule has 0 saturated heterocycles. The van der Waals surface area contributed by atoms with Crippen LogP contribution in [0.3, 0.4) is 0 Å². The van der Waals surface area contributed by atoms with Crippen molar-refractivity contribution >= 4 is 22.1 Å². The molecular formula is C17H14N2S. The van der Waals surface area contributed by atoms with Gasteiger partial charge in [0.05, 0.1) is 11.8 Å². The minimum atomic E-state index is -0.528. The third kappa shape index (κ3) is 2.19. The minimum absolute atomic E-state index is 0.528. The van der Waals surface area contributed by atoms with Crippen molar-refractivity contribution in [3.05, 3.63) is 52.9 Å². The summed E-state index contributed by atoms with van der Waals surface area (Å²) in [6.45, 7) is 3.80. The van der Waals surface area contributed by atoms with Crippen LogP contribution >= 0.6 is 11.3 Å². The lowest BCUT2D eigenvalue weighted by molar-refractivity contribution is 0.680. The first-order chi connectivity index (χ1) is 9.60. The summed E-state index contributed by atoms with van der Waals surface area (Å²) in [4.78, 5) is 4.63. The summed E-state index contributed by atoms with van der Waals surface area (Å²) in [7, 11) is 0. The minimum Gasteiger partial charge on any atom is -0.240 e. The maximum Gasteiger partial charge on any atom is 0.113 e. The maximum atomic E-state index is 9.19. The Kier molecular flexibility index (Phi) is 3.04. The summed E-state index contributed by atoms with van der Waals surface area (Å²) in [5.74, 6) is 0. The van der Waals surface area contributed by atoms with Gasteiger partial charge in [-0.15, -0.1) is 11.3 Å². The fraction of sp³-hybridized carbons (Fsp3) is 0.176. The SMILES string of the molecule is CC(C)(C#N)c1nc(-c2ccc3ccccc3c2)cs1. The Morgan fingerprint density at radius 1 is 1.10 bits per heavy atom. The lowest BCUT2D eigenvalue weighted by Gasteiger charge is -2.10. The quantitative estimate of drug-likeness (QED) is 0.677. The molecule has 0 unspecified atom stereocenters. The molecule has 0 spiro atoms. The molecular weight excluding hydrogens is 264 g/mol. The molecule has 1 heterocycles. The Labute approximate surface area is 122 Å². The highest BCUT2D eigenvalue weighted by molar-refractivity contribution is 7.10. The van der Waals surface area contributed by atoms with Gasteiger partial charge in [-0.3, -0.25) is 0 Å². The molecule has 0 bridgehead atoms. The molecule has 0 atom stereocenters. The van der Waals surface area contributed by atoms with Crippen LogP contribution in [-0.2, 0) is 5.41 Å². The third-order valence-electron chi connectivity index (χ3n) is 3.36. The Hall–Kier alpha value is -2.18. The second kappa shape index (κ2) is 4.73. The van der Waals surface area contributed by atoms with Crippen LogP contribution in [0.1, 0.15) is 18.9 Å². The molecule has 2 nitrogen and oxygen atoms in total. The van der Waals surface area contributed by atoms with Crippen molar-refractivity contribution in [2.24, 2.45) is 0 Å². The standard InChI is InChI=1S/C17H14N2S/c1-17(2,11-18)16-19-15(10-20-16)14-8-7-12-5-3-4-6-13(12)9-14/h3-10H,1-2H3. The zero-order chi connectivity index (χ0) is 14.2. The van der Waals surface area contributed by atoms with Crippen LogP contribution in [0.25, 0.3) is 22.0 Å². The van der Waals surface area contributed by atoms with Gasteiger partial charge in [-0.05, 0) is 30.7 Å². The first-order valence-electron chi connectivity index (χ1n) is 6.46. The Morgan fingerprint density at radius 2 is 1.85 bits per heavy atom. The smallest absolute Gasteiger partial charge is 0.113 e. The van der Waals surface area contributed by atoms with Gasteiger partial charge in [0.2, 0.25) is 0 Å². The van der Waals surface area contributed by atoms with Gasteiger partial charge in [0.1, 0.15) is 10.4 Å². The van der Waals surface area contributed by atoms with Crippen LogP contribution in [0.2, 0.25) is 0 Å². The highest BCUT2D eigenvalue weighted by atomic mass is 32.1. The molecule has 3 heteroatoms. The normalized spacial score (nSPS) is 11.4. The number of nitriles is 1. The van der Waals surface area contributed by atoms with Gasteiger partial charge in [-0.1, -0.05) is 36.4 Å². The fourth-order valence-corrected chi connectivity index (χ4v) is 2.99. The molecule has 0 aliphatic carbocycles. The van der Waals surface area contributed by atoms with Crippen molar-refractivity contribution in [3.63, 3.8) is 0 Å². The molecule has 0 saturated carbocycles. The average molecular weight is 278 g/mol. The topological polar surface area (TPSA) is 36.7 Å². The Morgan fingerprint density at radius 3 is 2.60 bits per heavy atom. The molecule has 0 radical (unpaired) electrons. The van der Waals surface area contributed by atoms with E-state index in [1.165, 1.54) is 10.8 Å². The van der Waals surface area contributed by atoms with Crippen LogP contribution in [0, 0.1) is 11.3 Å². The number of nitrogens with zero attached hydrogens (tertiary/aromatic N) is 2. The highest BCUT2D eigenvalue weighted by Crippen LogP contribution is 2.31. The van der Waals surface area contributed by atoms with E-state index in [0.29, 0.717) is 0 Å². The van der Waals surface area contributed by atoms with Gasteiger partial charge in [0.15, 0.2) is 0 Å². The number of thiazole rings is 1. The largest absolute Gasteiger partial charge is 0.240 e. The molecule has 2 aromatic carbocycles. The summed E-state index contributed by atoms with van der Waals surface area (Å²) in [6.07, 6.45) is 0. The zero-order valence-corrected chi connectivity index (χ0v) is 12.2. The van der Waals surface area contributed by atoms with Gasteiger partial charge >= 0.3 is 0 Å². The lowest BCUT2D eigenvalue weighted by Crippen LogP contribution is -2.13. The van der Waals surface area contributed by atoms with Gasteiger partial charge in [-0.25, -0.2) is 4.98 Å². The van der Waals surface area contributed by atoms with E-state index < -0.39 is 5.41 Å². The van der Waals surface area contributed by atoms with Crippen LogP contribution in [0.5, 0.6) is 0 Å². The molecule has 98 valence electrons. The summed E-state index contributed by atoms with van der Waals surface area (Å²) >= 11 is 1.55. The van der Waals surface area contributed by atoms with E-state index in [4.69, 9.17) is 0 Å². The van der Waals surface area contributed by atoms with Crippen LogP contribution < -0.4 is 0 Å². The molecule has 0 amide bonds. The highest BCUT2D eigenvalue weighted by Gasteiger charge is 2.23. The first kappa shape index (κ1) is 12.8. The second-order valence-electron chi connectivity index (χ2n) is 5.34. The van der Waals surface area contributed by atoms with Gasteiger partial charge < -0.3 is 0 Å². The number of rotatable bonds is 2. The van der Waals surface area contributed by atoms with Gasteiger partial charge in [0, 0.05) is 10.9 Å². The van der Waals surface area contributed by atoms with E-state index >= 15 is 0 Å². The molecule has 0 aliphatic heterocycles. The predicted molar refractivity (Wildman–Crippen MR) is 83.7 cm³/mol. The van der Waals surface area contributed by atoms with Crippen LogP contribution in [-0.4, -0.2) is 4.98 Å². The van der Waals surface area contributed by atoms with E-state index in [1.54, 1.807) is 11.3 Å². The lowest BCUT2D eigenvalue weighted by atomic mass is 9.97. The van der Waals surface area contributed by atoms with Crippen molar-refractivity contribution in [3.8, 4) is 17.3 Å². The van der Waals surface area contributed by atoms with Crippen molar-refractivity contribution in [2.45, 2.75) is 19.3 Å². The summed E-state index contributed by atoms with van der Waals surface area (Å²) in [5.41, 5.74) is 1.51. The molecule has 3 aromatic rings. The fourth-order valence-electron chi connectivity index (χ4n) is 2.09. The zero-order valence-electron chi connectivity index (χ0n) is 11.4. The molecule has 0 fully saturated rings.